The molecule has 5 N–H and O–H groups in total. The number of aliphatic hydroxyl groups excluding tert-OH is 1. The minimum atomic E-state index is -0.753. The van der Waals surface area contributed by atoms with Crippen molar-refractivity contribution >= 4 is 28.5 Å². The number of morpholine rings is 1. The molecule has 1 aliphatic rings. The first-order valence-electron chi connectivity index (χ1n) is 10.3. The van der Waals surface area contributed by atoms with Gasteiger partial charge in [0.15, 0.2) is 0 Å². The van der Waals surface area contributed by atoms with Crippen molar-refractivity contribution in [1.29, 1.82) is 0 Å². The number of urea groups is 1. The molecule has 0 bridgehead atoms. The second-order valence-corrected chi connectivity index (χ2v) is 8.45. The number of nitrogens with two attached hydrogens (primary N) is 1. The third-order valence-corrected chi connectivity index (χ3v) is 5.81. The second kappa shape index (κ2) is 11.2. The maximum Gasteiger partial charge on any atom is 0.320 e. The summed E-state index contributed by atoms with van der Waals surface area (Å²) in [4.78, 5) is 26.3. The standard InChI is InChI=1S/C21H29N5O5S/c1-13-3-4-15(14(2)9-13)12-31-19-17(18(22)28)20(32-25-19)24-21(29)23-10-16(27)11-26-5-7-30-8-6-26/h3-4,9,16,27H,5-8,10-12H2,1-2H3,(H2,22,28)(H2,23,24,29). The van der Waals surface area contributed by atoms with Crippen LogP contribution in [0.5, 0.6) is 5.88 Å². The van der Waals surface area contributed by atoms with Gasteiger partial charge in [0.25, 0.3) is 5.91 Å². The van der Waals surface area contributed by atoms with E-state index in [1.165, 1.54) is 0 Å². The molecule has 2 aromatic rings. The van der Waals surface area contributed by atoms with Crippen molar-refractivity contribution in [2.75, 3.05) is 44.7 Å². The van der Waals surface area contributed by atoms with E-state index in [0.29, 0.717) is 19.8 Å². The summed E-state index contributed by atoms with van der Waals surface area (Å²) in [5.41, 5.74) is 8.68. The Hall–Kier alpha value is -2.73. The largest absolute Gasteiger partial charge is 0.472 e. The van der Waals surface area contributed by atoms with Crippen molar-refractivity contribution in [3.05, 3.63) is 40.5 Å². The first kappa shape index (κ1) is 23.9. The van der Waals surface area contributed by atoms with Crippen LogP contribution < -0.4 is 21.1 Å². The van der Waals surface area contributed by atoms with Gasteiger partial charge in [-0.2, -0.15) is 4.37 Å². The number of carbonyl (C=O) groups is 2. The number of amides is 3. The fourth-order valence-corrected chi connectivity index (χ4v) is 4.07. The molecule has 0 radical (unpaired) electrons. The Bertz CT molecular complexity index is 945. The van der Waals surface area contributed by atoms with Crippen molar-refractivity contribution < 1.29 is 24.2 Å². The summed E-state index contributed by atoms with van der Waals surface area (Å²) in [7, 11) is 0. The first-order chi connectivity index (χ1) is 15.3. The Morgan fingerprint density at radius 1 is 1.34 bits per heavy atom. The van der Waals surface area contributed by atoms with E-state index in [4.69, 9.17) is 15.2 Å². The van der Waals surface area contributed by atoms with Crippen LogP contribution in [0.4, 0.5) is 9.80 Å². The average molecular weight is 464 g/mol. The molecule has 0 spiro atoms. The zero-order valence-corrected chi connectivity index (χ0v) is 19.0. The van der Waals surface area contributed by atoms with Crippen LogP contribution in [0, 0.1) is 13.8 Å². The van der Waals surface area contributed by atoms with E-state index in [-0.39, 0.29) is 29.6 Å². The van der Waals surface area contributed by atoms with Gasteiger partial charge in [-0.05, 0) is 36.5 Å². The van der Waals surface area contributed by atoms with Crippen molar-refractivity contribution in [2.24, 2.45) is 5.73 Å². The van der Waals surface area contributed by atoms with E-state index in [2.05, 4.69) is 19.9 Å². The van der Waals surface area contributed by atoms with E-state index < -0.39 is 18.0 Å². The van der Waals surface area contributed by atoms with Crippen LogP contribution in [0.25, 0.3) is 0 Å². The highest BCUT2D eigenvalue weighted by molar-refractivity contribution is 7.11. The van der Waals surface area contributed by atoms with E-state index in [1.807, 2.05) is 32.0 Å². The number of nitrogens with one attached hydrogen (secondary N) is 2. The molecule has 1 unspecified atom stereocenters. The Kier molecular flexibility index (Phi) is 8.39. The number of aryl methyl sites for hydroxylation is 2. The number of aromatic nitrogens is 1. The summed E-state index contributed by atoms with van der Waals surface area (Å²) in [6, 6.07) is 5.40. The maximum atomic E-state index is 12.3. The highest BCUT2D eigenvalue weighted by Crippen LogP contribution is 2.31. The summed E-state index contributed by atoms with van der Waals surface area (Å²) in [5.74, 6) is -0.679. The Morgan fingerprint density at radius 3 is 2.78 bits per heavy atom. The minimum absolute atomic E-state index is 0.0174. The summed E-state index contributed by atoms with van der Waals surface area (Å²) < 4.78 is 15.1. The molecule has 174 valence electrons. The fraction of sp³-hybridized carbons (Fsp3) is 0.476. The molecular weight excluding hydrogens is 434 g/mol. The van der Waals surface area contributed by atoms with Gasteiger partial charge in [-0.3, -0.25) is 15.0 Å². The molecule has 3 rings (SSSR count). The molecular formula is C21H29N5O5S. The molecule has 2 heterocycles. The Balaban J connectivity index is 1.54. The maximum absolute atomic E-state index is 12.3. The number of primary amides is 1. The molecule has 1 aliphatic heterocycles. The van der Waals surface area contributed by atoms with Crippen LogP contribution in [-0.4, -0.2) is 71.8 Å². The van der Waals surface area contributed by atoms with E-state index in [9.17, 15) is 14.7 Å². The normalized spacial score (nSPS) is 15.2. The predicted molar refractivity (Wildman–Crippen MR) is 121 cm³/mol. The van der Waals surface area contributed by atoms with E-state index in [0.717, 1.165) is 41.3 Å². The topological polar surface area (TPSA) is 139 Å². The fourth-order valence-electron chi connectivity index (χ4n) is 3.33. The predicted octanol–water partition coefficient (Wildman–Crippen LogP) is 1.25. The third-order valence-electron chi connectivity index (χ3n) is 5.07. The molecule has 1 fully saturated rings. The van der Waals surface area contributed by atoms with Crippen molar-refractivity contribution in [2.45, 2.75) is 26.6 Å². The molecule has 1 aromatic heterocycles. The number of β-amino-alcohol motifs (C(OH)–C–C–N with tert-alkyl or cyclic N) is 1. The average Bonchev–Trinajstić information content (AvgIpc) is 3.15. The van der Waals surface area contributed by atoms with Crippen molar-refractivity contribution in [1.82, 2.24) is 14.6 Å². The van der Waals surface area contributed by atoms with E-state index in [1.54, 1.807) is 0 Å². The Labute approximate surface area is 190 Å². The van der Waals surface area contributed by atoms with Gasteiger partial charge in [-0.1, -0.05) is 23.8 Å². The molecule has 11 heteroatoms. The number of carbonyl (C=O) groups excluding carboxylic acids is 2. The zero-order chi connectivity index (χ0) is 23.1. The smallest absolute Gasteiger partial charge is 0.320 e. The van der Waals surface area contributed by atoms with Crippen LogP contribution >= 0.6 is 11.5 Å². The number of aliphatic hydroxyl groups is 1. The van der Waals surface area contributed by atoms with Crippen molar-refractivity contribution in [3.63, 3.8) is 0 Å². The summed E-state index contributed by atoms with van der Waals surface area (Å²) in [6.07, 6.45) is -0.729. The van der Waals surface area contributed by atoms with Crippen LogP contribution in [0.3, 0.4) is 0 Å². The number of benzene rings is 1. The molecule has 0 aliphatic carbocycles. The van der Waals surface area contributed by atoms with Crippen LogP contribution in [-0.2, 0) is 11.3 Å². The lowest BCUT2D eigenvalue weighted by atomic mass is 10.1. The van der Waals surface area contributed by atoms with Gasteiger partial charge < -0.3 is 25.6 Å². The van der Waals surface area contributed by atoms with Gasteiger partial charge >= 0.3 is 6.03 Å². The molecule has 1 aromatic carbocycles. The highest BCUT2D eigenvalue weighted by atomic mass is 32.1. The number of ether oxygens (including phenoxy) is 2. The molecule has 32 heavy (non-hydrogen) atoms. The van der Waals surface area contributed by atoms with Crippen LogP contribution in [0.1, 0.15) is 27.0 Å². The highest BCUT2D eigenvalue weighted by Gasteiger charge is 2.22. The number of hydrogen-bond acceptors (Lipinski definition) is 8. The second-order valence-electron chi connectivity index (χ2n) is 7.68. The SMILES string of the molecule is Cc1ccc(COc2nsc(NC(=O)NCC(O)CN3CCOCC3)c2C(N)=O)c(C)c1. The molecule has 10 nitrogen and oxygen atoms in total. The minimum Gasteiger partial charge on any atom is -0.472 e. The van der Waals surface area contributed by atoms with Crippen LogP contribution in [0.2, 0.25) is 0 Å². The van der Waals surface area contributed by atoms with Gasteiger partial charge in [-0.25, -0.2) is 4.79 Å². The third kappa shape index (κ3) is 6.63. The van der Waals surface area contributed by atoms with Gasteiger partial charge in [0.05, 0.1) is 19.3 Å². The lowest BCUT2D eigenvalue weighted by molar-refractivity contribution is 0.0154. The summed E-state index contributed by atoms with van der Waals surface area (Å²) in [6.45, 7) is 7.46. The van der Waals surface area contributed by atoms with Gasteiger partial charge in [0.2, 0.25) is 5.88 Å². The number of rotatable bonds is 9. The van der Waals surface area contributed by atoms with Crippen molar-refractivity contribution in [3.8, 4) is 5.88 Å². The quantitative estimate of drug-likeness (QED) is 0.439. The zero-order valence-electron chi connectivity index (χ0n) is 18.2. The number of nitrogens with zero attached hydrogens (tertiary/aromatic N) is 2. The molecule has 3 amide bonds. The molecule has 1 saturated heterocycles. The Morgan fingerprint density at radius 2 is 2.09 bits per heavy atom. The van der Waals surface area contributed by atoms with Gasteiger partial charge in [-0.15, -0.1) is 0 Å². The molecule has 1 atom stereocenters. The monoisotopic (exact) mass is 463 g/mol. The first-order valence-corrected chi connectivity index (χ1v) is 11.1. The van der Waals surface area contributed by atoms with Crippen LogP contribution in [0.15, 0.2) is 18.2 Å². The number of hydrogen-bond donors (Lipinski definition) is 4. The lowest BCUT2D eigenvalue weighted by Crippen LogP contribution is -2.45. The summed E-state index contributed by atoms with van der Waals surface area (Å²) >= 11 is 0.905. The lowest BCUT2D eigenvalue weighted by Gasteiger charge is -2.28. The van der Waals surface area contributed by atoms with Gasteiger partial charge in [0.1, 0.15) is 17.2 Å². The van der Waals surface area contributed by atoms with Gasteiger partial charge in [0, 0.05) is 26.2 Å². The molecule has 0 saturated carbocycles. The summed E-state index contributed by atoms with van der Waals surface area (Å²) in [5, 5.41) is 15.5. The van der Waals surface area contributed by atoms with E-state index >= 15 is 0 Å². The number of anilines is 1.